The maximum Gasteiger partial charge on any atom is 0.264 e. The Labute approximate surface area is 249 Å². The van der Waals surface area contributed by atoms with Crippen LogP contribution in [0.2, 0.25) is 5.02 Å². The van der Waals surface area contributed by atoms with Crippen LogP contribution < -0.4 is 9.62 Å². The molecule has 0 radical (unpaired) electrons. The molecule has 0 aliphatic carbocycles. The van der Waals surface area contributed by atoms with E-state index in [4.69, 9.17) is 11.6 Å². The molecule has 2 unspecified atom stereocenters. The summed E-state index contributed by atoms with van der Waals surface area (Å²) >= 11 is 6.31. The van der Waals surface area contributed by atoms with Crippen LogP contribution in [0.4, 0.5) is 5.69 Å². The molecule has 41 heavy (non-hydrogen) atoms. The zero-order valence-electron chi connectivity index (χ0n) is 24.6. The first-order chi connectivity index (χ1) is 19.4. The SMILES string of the molecule is CCC(C)NC(=O)C(CC)N(Cc1ccccc1C)C(=O)CN(c1cc(Cl)ccc1C)S(=O)(=O)c1ccc(C)cc1. The van der Waals surface area contributed by atoms with E-state index in [1.807, 2.05) is 58.9 Å². The number of halogens is 1. The lowest BCUT2D eigenvalue weighted by Gasteiger charge is -2.34. The zero-order valence-corrected chi connectivity index (χ0v) is 26.2. The monoisotopic (exact) mass is 597 g/mol. The van der Waals surface area contributed by atoms with Gasteiger partial charge in [-0.05, 0) is 81.5 Å². The number of hydrogen-bond donors (Lipinski definition) is 1. The molecule has 0 aliphatic rings. The fourth-order valence-corrected chi connectivity index (χ4v) is 6.17. The van der Waals surface area contributed by atoms with E-state index in [1.165, 1.54) is 17.0 Å². The Morgan fingerprint density at radius 2 is 1.56 bits per heavy atom. The number of sulfonamides is 1. The summed E-state index contributed by atoms with van der Waals surface area (Å²) in [4.78, 5) is 29.2. The summed E-state index contributed by atoms with van der Waals surface area (Å²) in [6.45, 7) is 11.0. The van der Waals surface area contributed by atoms with E-state index in [-0.39, 0.29) is 23.4 Å². The molecule has 0 saturated heterocycles. The number of benzene rings is 3. The van der Waals surface area contributed by atoms with Crippen LogP contribution in [0.15, 0.2) is 71.6 Å². The van der Waals surface area contributed by atoms with Gasteiger partial charge in [-0.3, -0.25) is 13.9 Å². The van der Waals surface area contributed by atoms with Crippen LogP contribution in [0.5, 0.6) is 0 Å². The van der Waals surface area contributed by atoms with E-state index in [9.17, 15) is 18.0 Å². The van der Waals surface area contributed by atoms with Gasteiger partial charge in [-0.25, -0.2) is 8.42 Å². The lowest BCUT2D eigenvalue weighted by Crippen LogP contribution is -2.53. The van der Waals surface area contributed by atoms with Gasteiger partial charge in [0.1, 0.15) is 12.6 Å². The van der Waals surface area contributed by atoms with Crippen LogP contribution in [0.25, 0.3) is 0 Å². The molecule has 3 aromatic carbocycles. The molecule has 0 saturated carbocycles. The van der Waals surface area contributed by atoms with Crippen molar-refractivity contribution >= 4 is 39.1 Å². The van der Waals surface area contributed by atoms with Crippen molar-refractivity contribution in [2.24, 2.45) is 0 Å². The molecule has 2 atom stereocenters. The lowest BCUT2D eigenvalue weighted by atomic mass is 10.1. The Morgan fingerprint density at radius 1 is 0.902 bits per heavy atom. The molecule has 3 rings (SSSR count). The number of amides is 2. The van der Waals surface area contributed by atoms with Crippen LogP contribution in [0, 0.1) is 20.8 Å². The van der Waals surface area contributed by atoms with Crippen LogP contribution in [-0.2, 0) is 26.2 Å². The van der Waals surface area contributed by atoms with Crippen molar-refractivity contribution in [1.82, 2.24) is 10.2 Å². The molecule has 0 bridgehead atoms. The minimum Gasteiger partial charge on any atom is -0.352 e. The molecule has 1 N–H and O–H groups in total. The quantitative estimate of drug-likeness (QED) is 0.270. The summed E-state index contributed by atoms with van der Waals surface area (Å²) in [5, 5.41) is 3.34. The number of nitrogens with zero attached hydrogens (tertiary/aromatic N) is 2. The molecular formula is C32H40ClN3O4S. The number of hydrogen-bond acceptors (Lipinski definition) is 4. The van der Waals surface area contributed by atoms with Crippen molar-refractivity contribution in [3.05, 3.63) is 94.0 Å². The minimum atomic E-state index is -4.17. The summed E-state index contributed by atoms with van der Waals surface area (Å²) in [5.74, 6) is -0.759. The molecule has 0 heterocycles. The second-order valence-corrected chi connectivity index (χ2v) is 12.7. The predicted octanol–water partition coefficient (Wildman–Crippen LogP) is 6.18. The fraction of sp³-hybridized carbons (Fsp3) is 0.375. The molecule has 7 nitrogen and oxygen atoms in total. The molecule has 3 aromatic rings. The van der Waals surface area contributed by atoms with Gasteiger partial charge in [0.2, 0.25) is 11.8 Å². The molecule has 220 valence electrons. The van der Waals surface area contributed by atoms with Gasteiger partial charge in [0.05, 0.1) is 10.6 Å². The third kappa shape index (κ3) is 7.89. The number of nitrogens with one attached hydrogen (secondary N) is 1. The molecule has 2 amide bonds. The van der Waals surface area contributed by atoms with E-state index in [0.29, 0.717) is 22.7 Å². The molecule has 0 spiro atoms. The number of carbonyl (C=O) groups is 2. The maximum atomic E-state index is 14.2. The summed E-state index contributed by atoms with van der Waals surface area (Å²) in [5.41, 5.74) is 3.71. The van der Waals surface area contributed by atoms with Gasteiger partial charge in [-0.15, -0.1) is 0 Å². The highest BCUT2D eigenvalue weighted by molar-refractivity contribution is 7.92. The number of rotatable bonds is 12. The predicted molar refractivity (Wildman–Crippen MR) is 166 cm³/mol. The van der Waals surface area contributed by atoms with Crippen LogP contribution in [-0.4, -0.2) is 43.8 Å². The number of carbonyl (C=O) groups excluding carboxylic acids is 2. The Kier molecular flexibility index (Phi) is 11.0. The topological polar surface area (TPSA) is 86.8 Å². The molecular weight excluding hydrogens is 558 g/mol. The third-order valence-corrected chi connectivity index (χ3v) is 9.33. The Bertz CT molecular complexity index is 1470. The van der Waals surface area contributed by atoms with Crippen LogP contribution in [0.1, 0.15) is 55.9 Å². The maximum absolute atomic E-state index is 14.2. The zero-order chi connectivity index (χ0) is 30.3. The fourth-order valence-electron chi connectivity index (χ4n) is 4.53. The highest BCUT2D eigenvalue weighted by Crippen LogP contribution is 2.30. The largest absolute Gasteiger partial charge is 0.352 e. The molecule has 9 heteroatoms. The summed E-state index contributed by atoms with van der Waals surface area (Å²) in [6.07, 6.45) is 1.10. The number of aryl methyl sites for hydroxylation is 3. The van der Waals surface area contributed by atoms with E-state index in [2.05, 4.69) is 5.32 Å². The molecule has 0 aromatic heterocycles. The second-order valence-electron chi connectivity index (χ2n) is 10.4. The normalized spacial score (nSPS) is 12.9. The summed E-state index contributed by atoms with van der Waals surface area (Å²) in [7, 11) is -4.17. The second kappa shape index (κ2) is 14.0. The van der Waals surface area contributed by atoms with Gasteiger partial charge in [-0.2, -0.15) is 0 Å². The first-order valence-electron chi connectivity index (χ1n) is 13.9. The first-order valence-corrected chi connectivity index (χ1v) is 15.7. The first kappa shape index (κ1) is 32.2. The van der Waals surface area contributed by atoms with Crippen molar-refractivity contribution in [2.45, 2.75) is 77.9 Å². The van der Waals surface area contributed by atoms with Gasteiger partial charge in [-0.1, -0.05) is 73.5 Å². The van der Waals surface area contributed by atoms with Crippen LogP contribution in [0.3, 0.4) is 0 Å². The standard InChI is InChI=1S/C32H40ClN3O4S/c1-7-25(6)34-32(38)29(8-2)35(20-26-12-10-9-11-23(26)4)31(37)21-36(30-19-27(33)16-15-24(30)5)41(39,40)28-17-13-22(3)14-18-28/h9-19,25,29H,7-8,20-21H2,1-6H3,(H,34,38). The van der Waals surface area contributed by atoms with Crippen LogP contribution >= 0.6 is 11.6 Å². The highest BCUT2D eigenvalue weighted by Gasteiger charge is 2.34. The third-order valence-electron chi connectivity index (χ3n) is 7.32. The Balaban J connectivity index is 2.11. The Morgan fingerprint density at radius 3 is 2.17 bits per heavy atom. The Hall–Kier alpha value is -3.36. The van der Waals surface area contributed by atoms with Gasteiger partial charge < -0.3 is 10.2 Å². The van der Waals surface area contributed by atoms with Crippen molar-refractivity contribution < 1.29 is 18.0 Å². The summed E-state index contributed by atoms with van der Waals surface area (Å²) in [6, 6.07) is 18.2. The van der Waals surface area contributed by atoms with Gasteiger partial charge in [0.25, 0.3) is 10.0 Å². The van der Waals surface area contributed by atoms with E-state index >= 15 is 0 Å². The van der Waals surface area contributed by atoms with E-state index in [0.717, 1.165) is 27.4 Å². The van der Waals surface area contributed by atoms with Crippen molar-refractivity contribution in [3.8, 4) is 0 Å². The highest BCUT2D eigenvalue weighted by atomic mass is 35.5. The van der Waals surface area contributed by atoms with Crippen molar-refractivity contribution in [3.63, 3.8) is 0 Å². The van der Waals surface area contributed by atoms with Gasteiger partial charge in [0, 0.05) is 17.6 Å². The average Bonchev–Trinajstić information content (AvgIpc) is 2.94. The minimum absolute atomic E-state index is 0.0577. The van der Waals surface area contributed by atoms with Gasteiger partial charge >= 0.3 is 0 Å². The average molecular weight is 598 g/mol. The van der Waals surface area contributed by atoms with E-state index in [1.54, 1.807) is 37.3 Å². The molecule has 0 fully saturated rings. The smallest absolute Gasteiger partial charge is 0.264 e. The van der Waals surface area contributed by atoms with Crippen molar-refractivity contribution in [1.29, 1.82) is 0 Å². The summed E-state index contributed by atoms with van der Waals surface area (Å²) < 4.78 is 29.2. The van der Waals surface area contributed by atoms with Gasteiger partial charge in [0.15, 0.2) is 0 Å². The van der Waals surface area contributed by atoms with E-state index < -0.39 is 28.5 Å². The molecule has 0 aliphatic heterocycles. The van der Waals surface area contributed by atoms with Crippen molar-refractivity contribution in [2.75, 3.05) is 10.8 Å². The lowest BCUT2D eigenvalue weighted by molar-refractivity contribution is -0.140. The number of anilines is 1.